The number of aliphatic hydroxyl groups is 1. The highest BCUT2D eigenvalue weighted by Crippen LogP contribution is 2.20. The standard InChI is InChI=1S/C19H39N3O4S/c1-4-6-14(18(24)22-17(9-10-23)19(25)26)7-8-16(13(3)5-2)21-11-15(20)12-27/h13-17,21,23,27H,4-12,20H2,1-3H3,(H,22,24)(H,25,26)/t13-,14?,15+,16-,17+/m0/s1. The molecule has 27 heavy (non-hydrogen) atoms. The van der Waals surface area contributed by atoms with E-state index in [2.05, 4.69) is 37.1 Å². The van der Waals surface area contributed by atoms with E-state index in [9.17, 15) is 14.7 Å². The lowest BCUT2D eigenvalue weighted by molar-refractivity contribution is -0.143. The summed E-state index contributed by atoms with van der Waals surface area (Å²) in [6.45, 7) is 6.74. The van der Waals surface area contributed by atoms with Gasteiger partial charge in [-0.3, -0.25) is 4.79 Å². The van der Waals surface area contributed by atoms with Crippen molar-refractivity contribution in [2.75, 3.05) is 18.9 Å². The fourth-order valence-corrected chi connectivity index (χ4v) is 3.18. The van der Waals surface area contributed by atoms with E-state index in [1.807, 2.05) is 6.92 Å². The van der Waals surface area contributed by atoms with Gasteiger partial charge in [-0.1, -0.05) is 33.6 Å². The summed E-state index contributed by atoms with van der Waals surface area (Å²) in [5.41, 5.74) is 5.95. The van der Waals surface area contributed by atoms with Crippen molar-refractivity contribution in [3.8, 4) is 0 Å². The minimum absolute atomic E-state index is 0.00978. The van der Waals surface area contributed by atoms with E-state index in [0.29, 0.717) is 31.1 Å². The number of hydrogen-bond acceptors (Lipinski definition) is 6. The molecule has 1 unspecified atom stereocenters. The first-order valence-electron chi connectivity index (χ1n) is 10.0. The molecule has 0 spiro atoms. The molecule has 0 radical (unpaired) electrons. The van der Waals surface area contributed by atoms with Gasteiger partial charge in [0.15, 0.2) is 0 Å². The number of nitrogens with two attached hydrogens (primary N) is 1. The molecular weight excluding hydrogens is 366 g/mol. The van der Waals surface area contributed by atoms with E-state index in [1.54, 1.807) is 0 Å². The molecule has 6 N–H and O–H groups in total. The summed E-state index contributed by atoms with van der Waals surface area (Å²) in [6, 6.07) is -0.802. The molecule has 1 amide bonds. The Kier molecular flexibility index (Phi) is 14.7. The van der Waals surface area contributed by atoms with Gasteiger partial charge in [0.1, 0.15) is 6.04 Å². The van der Waals surface area contributed by atoms with Gasteiger partial charge in [-0.2, -0.15) is 12.6 Å². The smallest absolute Gasteiger partial charge is 0.326 e. The topological polar surface area (TPSA) is 125 Å². The molecule has 0 saturated carbocycles. The van der Waals surface area contributed by atoms with Crippen LogP contribution >= 0.6 is 12.6 Å². The van der Waals surface area contributed by atoms with Gasteiger partial charge in [-0.25, -0.2) is 4.79 Å². The number of rotatable bonds is 16. The lowest BCUT2D eigenvalue weighted by Crippen LogP contribution is -2.45. The van der Waals surface area contributed by atoms with Crippen molar-refractivity contribution in [3.05, 3.63) is 0 Å². The number of thiol groups is 1. The number of aliphatic carboxylic acids is 1. The van der Waals surface area contributed by atoms with E-state index >= 15 is 0 Å². The second-order valence-corrected chi connectivity index (χ2v) is 7.68. The summed E-state index contributed by atoms with van der Waals surface area (Å²) in [6.07, 6.45) is 4.10. The van der Waals surface area contributed by atoms with Crippen molar-refractivity contribution in [1.82, 2.24) is 10.6 Å². The number of carboxylic acid groups (broad SMARTS) is 1. The Hall–Kier alpha value is -0.830. The molecule has 0 rings (SSSR count). The summed E-state index contributed by atoms with van der Waals surface area (Å²) < 4.78 is 0. The van der Waals surface area contributed by atoms with Crippen LogP contribution in [0, 0.1) is 11.8 Å². The molecule has 0 aliphatic rings. The first-order valence-corrected chi connectivity index (χ1v) is 10.7. The number of carbonyl (C=O) groups is 2. The van der Waals surface area contributed by atoms with Gasteiger partial charge in [0, 0.05) is 43.3 Å². The van der Waals surface area contributed by atoms with E-state index < -0.39 is 12.0 Å². The van der Waals surface area contributed by atoms with Crippen molar-refractivity contribution in [1.29, 1.82) is 0 Å². The largest absolute Gasteiger partial charge is 0.480 e. The van der Waals surface area contributed by atoms with Crippen LogP contribution in [0.25, 0.3) is 0 Å². The first-order chi connectivity index (χ1) is 12.8. The predicted octanol–water partition coefficient (Wildman–Crippen LogP) is 1.40. The van der Waals surface area contributed by atoms with E-state index in [4.69, 9.17) is 10.8 Å². The first kappa shape index (κ1) is 26.2. The van der Waals surface area contributed by atoms with E-state index in [-0.39, 0.29) is 36.9 Å². The fraction of sp³-hybridized carbons (Fsp3) is 0.895. The van der Waals surface area contributed by atoms with Crippen LogP contribution in [-0.4, -0.2) is 59.1 Å². The molecule has 0 aliphatic carbocycles. The molecule has 0 saturated heterocycles. The molecule has 8 heteroatoms. The van der Waals surface area contributed by atoms with E-state index in [0.717, 1.165) is 19.3 Å². The fourth-order valence-electron chi connectivity index (χ4n) is 3.05. The van der Waals surface area contributed by atoms with Gasteiger partial charge in [0.2, 0.25) is 5.91 Å². The average molecular weight is 406 g/mol. The summed E-state index contributed by atoms with van der Waals surface area (Å²) in [5, 5.41) is 24.3. The monoisotopic (exact) mass is 405 g/mol. The second-order valence-electron chi connectivity index (χ2n) is 7.32. The highest BCUT2D eigenvalue weighted by atomic mass is 32.1. The quantitative estimate of drug-likeness (QED) is 0.216. The molecule has 160 valence electrons. The molecule has 5 atom stereocenters. The number of aliphatic hydroxyl groups excluding tert-OH is 1. The molecule has 0 aromatic heterocycles. The lowest BCUT2D eigenvalue weighted by atomic mass is 9.89. The SMILES string of the molecule is CCCC(CC[C@H](NC[C@@H](N)CS)[C@@H](C)CC)C(=O)N[C@H](CCO)C(=O)O. The third-order valence-electron chi connectivity index (χ3n) is 5.07. The van der Waals surface area contributed by atoms with Crippen molar-refractivity contribution >= 4 is 24.5 Å². The van der Waals surface area contributed by atoms with Gasteiger partial charge in [0.05, 0.1) is 0 Å². The number of carboxylic acids is 1. The number of nitrogens with one attached hydrogen (secondary N) is 2. The zero-order chi connectivity index (χ0) is 20.8. The third kappa shape index (κ3) is 10.9. The van der Waals surface area contributed by atoms with Crippen molar-refractivity contribution in [2.24, 2.45) is 17.6 Å². The van der Waals surface area contributed by atoms with Crippen LogP contribution in [0.5, 0.6) is 0 Å². The van der Waals surface area contributed by atoms with Crippen molar-refractivity contribution < 1.29 is 19.8 Å². The van der Waals surface area contributed by atoms with Crippen LogP contribution in [0.4, 0.5) is 0 Å². The molecule has 0 bridgehead atoms. The lowest BCUT2D eigenvalue weighted by Gasteiger charge is -2.28. The highest BCUT2D eigenvalue weighted by Gasteiger charge is 2.26. The van der Waals surface area contributed by atoms with Gasteiger partial charge in [0.25, 0.3) is 0 Å². The summed E-state index contributed by atoms with van der Waals surface area (Å²) in [5.74, 6) is -0.533. The molecule has 0 aliphatic heterocycles. The molecular formula is C19H39N3O4S. The molecule has 0 aromatic carbocycles. The Morgan fingerprint density at radius 3 is 2.30 bits per heavy atom. The van der Waals surface area contributed by atoms with Gasteiger partial charge >= 0.3 is 5.97 Å². The number of hydrogen-bond donors (Lipinski definition) is 6. The van der Waals surface area contributed by atoms with Gasteiger partial charge in [-0.05, 0) is 25.2 Å². The summed E-state index contributed by atoms with van der Waals surface area (Å²) in [4.78, 5) is 23.8. The van der Waals surface area contributed by atoms with Crippen molar-refractivity contribution in [3.63, 3.8) is 0 Å². The number of carbonyl (C=O) groups excluding carboxylic acids is 1. The van der Waals surface area contributed by atoms with Crippen LogP contribution in [0.2, 0.25) is 0 Å². The van der Waals surface area contributed by atoms with E-state index in [1.165, 1.54) is 0 Å². The maximum absolute atomic E-state index is 12.6. The van der Waals surface area contributed by atoms with Gasteiger partial charge < -0.3 is 26.6 Å². The van der Waals surface area contributed by atoms with Crippen LogP contribution in [-0.2, 0) is 9.59 Å². The Morgan fingerprint density at radius 1 is 1.15 bits per heavy atom. The predicted molar refractivity (Wildman–Crippen MR) is 112 cm³/mol. The Balaban J connectivity index is 4.86. The molecule has 0 heterocycles. The Labute approximate surface area is 169 Å². The normalized spacial score (nSPS) is 17.0. The average Bonchev–Trinajstić information content (AvgIpc) is 2.65. The van der Waals surface area contributed by atoms with Crippen LogP contribution in [0.1, 0.15) is 59.3 Å². The zero-order valence-corrected chi connectivity index (χ0v) is 17.9. The maximum Gasteiger partial charge on any atom is 0.326 e. The molecule has 0 fully saturated rings. The van der Waals surface area contributed by atoms with Crippen LogP contribution in [0.3, 0.4) is 0 Å². The maximum atomic E-state index is 12.6. The Morgan fingerprint density at radius 2 is 1.81 bits per heavy atom. The minimum Gasteiger partial charge on any atom is -0.480 e. The highest BCUT2D eigenvalue weighted by molar-refractivity contribution is 7.80. The van der Waals surface area contributed by atoms with Crippen molar-refractivity contribution in [2.45, 2.75) is 77.4 Å². The summed E-state index contributed by atoms with van der Waals surface area (Å²) in [7, 11) is 0. The number of amides is 1. The minimum atomic E-state index is -1.12. The second kappa shape index (κ2) is 15.1. The Bertz CT molecular complexity index is 426. The molecule has 0 aromatic rings. The van der Waals surface area contributed by atoms with Gasteiger partial charge in [-0.15, -0.1) is 0 Å². The summed E-state index contributed by atoms with van der Waals surface area (Å²) >= 11 is 4.21. The molecule has 7 nitrogen and oxygen atoms in total. The zero-order valence-electron chi connectivity index (χ0n) is 17.0. The van der Waals surface area contributed by atoms with Crippen LogP contribution < -0.4 is 16.4 Å². The third-order valence-corrected chi connectivity index (χ3v) is 5.54. The van der Waals surface area contributed by atoms with Crippen LogP contribution in [0.15, 0.2) is 0 Å².